The van der Waals surface area contributed by atoms with E-state index in [1.807, 2.05) is 18.2 Å². The summed E-state index contributed by atoms with van der Waals surface area (Å²) in [6, 6.07) is 8.21. The molecule has 0 aromatic heterocycles. The second kappa shape index (κ2) is 12.8. The Morgan fingerprint density at radius 3 is 2.05 bits per heavy atom. The van der Waals surface area contributed by atoms with Gasteiger partial charge >= 0.3 is 0 Å². The van der Waals surface area contributed by atoms with Crippen molar-refractivity contribution in [2.45, 2.75) is 91.9 Å². The maximum absolute atomic E-state index is 9.76. The normalized spacial score (nSPS) is 19.6. The summed E-state index contributed by atoms with van der Waals surface area (Å²) in [5.74, 6) is 0. The van der Waals surface area contributed by atoms with Crippen LogP contribution in [0.1, 0.15) is 91.9 Å². The predicted molar refractivity (Wildman–Crippen MR) is 143 cm³/mol. The molecule has 0 aliphatic heterocycles. The quantitative estimate of drug-likeness (QED) is 0.210. The van der Waals surface area contributed by atoms with Crippen LogP contribution in [-0.4, -0.2) is 6.54 Å². The van der Waals surface area contributed by atoms with Crippen molar-refractivity contribution in [1.29, 1.82) is 21.0 Å². The van der Waals surface area contributed by atoms with E-state index in [9.17, 15) is 21.0 Å². The highest BCUT2D eigenvalue weighted by atomic mass is 14.9. The average Bonchev–Trinajstić information content (AvgIpc) is 2.84. The van der Waals surface area contributed by atoms with E-state index in [0.29, 0.717) is 35.3 Å². The summed E-state index contributed by atoms with van der Waals surface area (Å²) in [4.78, 5) is 3.37. The Morgan fingerprint density at radius 2 is 1.46 bits per heavy atom. The number of hydrogen-bond acceptors (Lipinski definition) is 6. The third kappa shape index (κ3) is 7.74. The van der Waals surface area contributed by atoms with Gasteiger partial charge in [0, 0.05) is 17.9 Å². The van der Waals surface area contributed by atoms with Crippen molar-refractivity contribution in [3.05, 3.63) is 56.4 Å². The fourth-order valence-electron chi connectivity index (χ4n) is 5.40. The van der Waals surface area contributed by atoms with E-state index >= 15 is 0 Å². The molecule has 7 heteroatoms. The first kappa shape index (κ1) is 29.2. The Morgan fingerprint density at radius 1 is 0.865 bits per heavy atom. The maximum atomic E-state index is 9.76. The minimum atomic E-state index is -0.0718. The minimum Gasteiger partial charge on any atom is -0.398 e. The highest BCUT2D eigenvalue weighted by Crippen LogP contribution is 2.44. The van der Waals surface area contributed by atoms with Crippen LogP contribution in [0, 0.1) is 62.7 Å². The molecular weight excluding hydrogens is 458 g/mol. The van der Waals surface area contributed by atoms with Gasteiger partial charge in [-0.05, 0) is 66.9 Å². The summed E-state index contributed by atoms with van der Waals surface area (Å²) in [6.45, 7) is 16.6. The molecule has 0 aromatic carbocycles. The van der Waals surface area contributed by atoms with Gasteiger partial charge in [-0.25, -0.2) is 10.1 Å². The van der Waals surface area contributed by atoms with Gasteiger partial charge in [-0.2, -0.15) is 15.8 Å². The summed E-state index contributed by atoms with van der Waals surface area (Å²) >= 11 is 0. The molecule has 0 fully saturated rings. The molecule has 7 nitrogen and oxygen atoms in total. The molecule has 0 aromatic rings. The monoisotopic (exact) mass is 495 g/mol. The second-order valence-corrected chi connectivity index (χ2v) is 11.6. The zero-order valence-corrected chi connectivity index (χ0v) is 22.6. The summed E-state index contributed by atoms with van der Waals surface area (Å²) in [5, 5.41) is 41.2. The fourth-order valence-corrected chi connectivity index (χ4v) is 5.40. The standard InChI is InChI=1S/C30H37N7/c1-29(2)13-21(25(19-33)23(14-29)22(17-31)18-32)11-9-7-6-8-10-12-37-26-16-30(3,4)15-24(28(26)35)27(20-34)36-5/h37H,6-16,35H2,1-4H3/b27-24+. The highest BCUT2D eigenvalue weighted by Gasteiger charge is 2.33. The number of nitriles is 4. The number of hydrogen-bond donors (Lipinski definition) is 2. The van der Waals surface area contributed by atoms with E-state index < -0.39 is 0 Å². The van der Waals surface area contributed by atoms with Crippen molar-refractivity contribution in [3.63, 3.8) is 0 Å². The van der Waals surface area contributed by atoms with E-state index in [-0.39, 0.29) is 22.1 Å². The Balaban J connectivity index is 1.89. The van der Waals surface area contributed by atoms with Crippen LogP contribution in [0.4, 0.5) is 0 Å². The Bertz CT molecular complexity index is 1200. The minimum absolute atomic E-state index is 0.0612. The molecule has 2 aliphatic rings. The van der Waals surface area contributed by atoms with Gasteiger partial charge in [-0.3, -0.25) is 0 Å². The Kier molecular flexibility index (Phi) is 10.1. The van der Waals surface area contributed by atoms with E-state index in [2.05, 4.69) is 43.9 Å². The zero-order chi connectivity index (χ0) is 27.6. The molecule has 2 aliphatic carbocycles. The molecule has 0 amide bonds. The second-order valence-electron chi connectivity index (χ2n) is 11.6. The van der Waals surface area contributed by atoms with E-state index in [1.165, 1.54) is 0 Å². The van der Waals surface area contributed by atoms with Crippen molar-refractivity contribution >= 4 is 0 Å². The molecule has 0 spiro atoms. The molecule has 0 atom stereocenters. The molecule has 192 valence electrons. The van der Waals surface area contributed by atoms with Crippen molar-refractivity contribution in [3.8, 4) is 24.3 Å². The summed E-state index contributed by atoms with van der Waals surface area (Å²) in [7, 11) is 0. The zero-order valence-electron chi connectivity index (χ0n) is 22.6. The lowest BCUT2D eigenvalue weighted by Gasteiger charge is -2.34. The van der Waals surface area contributed by atoms with Gasteiger partial charge in [0.2, 0.25) is 0 Å². The number of unbranched alkanes of at least 4 members (excludes halogenated alkanes) is 4. The van der Waals surface area contributed by atoms with Crippen LogP contribution in [0.2, 0.25) is 0 Å². The molecule has 0 radical (unpaired) electrons. The van der Waals surface area contributed by atoms with Crippen molar-refractivity contribution in [2.24, 2.45) is 16.6 Å². The number of nitrogens with one attached hydrogen (secondary N) is 1. The van der Waals surface area contributed by atoms with Crippen molar-refractivity contribution in [2.75, 3.05) is 6.54 Å². The van der Waals surface area contributed by atoms with Crippen molar-refractivity contribution in [1.82, 2.24) is 5.32 Å². The Hall–Kier alpha value is -3.99. The maximum Gasteiger partial charge on any atom is 0.267 e. The molecule has 0 saturated carbocycles. The average molecular weight is 496 g/mol. The molecule has 0 heterocycles. The van der Waals surface area contributed by atoms with Crippen LogP contribution in [0.3, 0.4) is 0 Å². The molecule has 37 heavy (non-hydrogen) atoms. The highest BCUT2D eigenvalue weighted by molar-refractivity contribution is 5.57. The molecule has 3 N–H and O–H groups in total. The molecule has 2 rings (SSSR count). The first-order valence-corrected chi connectivity index (χ1v) is 12.9. The molecule has 0 bridgehead atoms. The van der Waals surface area contributed by atoms with Gasteiger partial charge in [-0.1, -0.05) is 52.5 Å². The first-order chi connectivity index (χ1) is 17.5. The third-order valence-electron chi connectivity index (χ3n) is 7.10. The Labute approximate surface area is 222 Å². The molecule has 0 saturated heterocycles. The number of nitrogens with zero attached hydrogens (tertiary/aromatic N) is 5. The number of nitrogens with two attached hydrogens (primary N) is 1. The fraction of sp³-hybridized carbons (Fsp3) is 0.567. The molecule has 0 unspecified atom stereocenters. The lowest BCUT2D eigenvalue weighted by Crippen LogP contribution is -2.31. The number of allylic oxidation sites excluding steroid dienone is 7. The predicted octanol–water partition coefficient (Wildman–Crippen LogP) is 6.59. The van der Waals surface area contributed by atoms with Crippen LogP contribution in [0.5, 0.6) is 0 Å². The smallest absolute Gasteiger partial charge is 0.267 e. The largest absolute Gasteiger partial charge is 0.398 e. The van der Waals surface area contributed by atoms with Crippen LogP contribution in [0.25, 0.3) is 4.85 Å². The van der Waals surface area contributed by atoms with Crippen molar-refractivity contribution < 1.29 is 0 Å². The lowest BCUT2D eigenvalue weighted by molar-refractivity contribution is 0.335. The number of rotatable bonds is 9. The van der Waals surface area contributed by atoms with E-state index in [0.717, 1.165) is 69.2 Å². The van der Waals surface area contributed by atoms with Gasteiger partial charge in [0.25, 0.3) is 5.70 Å². The lowest BCUT2D eigenvalue weighted by atomic mass is 9.70. The summed E-state index contributed by atoms with van der Waals surface area (Å²) in [6.07, 6.45) is 8.77. The third-order valence-corrected chi connectivity index (χ3v) is 7.10. The van der Waals surface area contributed by atoms with E-state index in [1.54, 1.807) is 0 Å². The topological polar surface area (TPSA) is 138 Å². The van der Waals surface area contributed by atoms with E-state index in [4.69, 9.17) is 12.3 Å². The summed E-state index contributed by atoms with van der Waals surface area (Å²) in [5.41, 5.74) is 10.7. The van der Waals surface area contributed by atoms with Crippen LogP contribution < -0.4 is 11.1 Å². The van der Waals surface area contributed by atoms with Crippen LogP contribution in [-0.2, 0) is 0 Å². The SMILES string of the molecule is [C-]#[N+]/C(C#N)=C1\CC(C)(C)CC(NCCCCCCCC2=C(C#N)C(=C(C#N)C#N)CC(C)(C)C2)=C1N. The van der Waals surface area contributed by atoms with Gasteiger partial charge in [0.1, 0.15) is 17.7 Å². The first-order valence-electron chi connectivity index (χ1n) is 12.9. The summed E-state index contributed by atoms with van der Waals surface area (Å²) < 4.78 is 0. The van der Waals surface area contributed by atoms with Crippen LogP contribution >= 0.6 is 0 Å². The van der Waals surface area contributed by atoms with Gasteiger partial charge in [0.15, 0.2) is 0 Å². The van der Waals surface area contributed by atoms with Gasteiger partial charge in [0.05, 0.1) is 24.3 Å². The van der Waals surface area contributed by atoms with Crippen LogP contribution in [0.15, 0.2) is 45.0 Å². The van der Waals surface area contributed by atoms with Gasteiger partial charge < -0.3 is 11.1 Å². The molecular formula is C30H37N7. The van der Waals surface area contributed by atoms with Gasteiger partial charge in [-0.15, -0.1) is 0 Å².